The van der Waals surface area contributed by atoms with Crippen molar-refractivity contribution in [3.63, 3.8) is 0 Å². The molecule has 1 amide bonds. The van der Waals surface area contributed by atoms with Crippen LogP contribution < -0.4 is 16.0 Å². The van der Waals surface area contributed by atoms with Crippen molar-refractivity contribution in [3.8, 4) is 0 Å². The average molecular weight is 288 g/mol. The lowest BCUT2D eigenvalue weighted by Crippen LogP contribution is -2.29. The molecule has 1 aromatic heterocycles. The van der Waals surface area contributed by atoms with Gasteiger partial charge in [-0.25, -0.2) is 0 Å². The highest BCUT2D eigenvalue weighted by Crippen LogP contribution is 2.29. The summed E-state index contributed by atoms with van der Waals surface area (Å²) in [4.78, 5) is 15.4. The molecule has 0 aliphatic carbocycles. The van der Waals surface area contributed by atoms with E-state index < -0.39 is 6.23 Å². The van der Waals surface area contributed by atoms with Gasteiger partial charge in [-0.05, 0) is 18.6 Å². The Morgan fingerprint density at radius 2 is 2.29 bits per heavy atom. The summed E-state index contributed by atoms with van der Waals surface area (Å²) in [5, 5.41) is 27.6. The number of H-pyrrole nitrogens is 1. The van der Waals surface area contributed by atoms with Crippen molar-refractivity contribution in [2.45, 2.75) is 13.2 Å². The molecule has 0 saturated carbocycles. The number of carbonyl (C=O) groups excluding carboxylic acids is 1. The third kappa shape index (κ3) is 2.38. The number of dihydropyridines is 1. The Morgan fingerprint density at radius 1 is 1.48 bits per heavy atom. The molecule has 2 aliphatic rings. The van der Waals surface area contributed by atoms with E-state index in [0.29, 0.717) is 23.4 Å². The summed E-state index contributed by atoms with van der Waals surface area (Å²) in [6, 6.07) is 0. The van der Waals surface area contributed by atoms with Crippen LogP contribution in [0.5, 0.6) is 0 Å². The second-order valence-electron chi connectivity index (χ2n) is 4.91. The topological polar surface area (TPSA) is 109 Å². The molecule has 0 spiro atoms. The van der Waals surface area contributed by atoms with Crippen molar-refractivity contribution in [1.82, 2.24) is 20.9 Å². The molecule has 0 saturated heterocycles. The van der Waals surface area contributed by atoms with Gasteiger partial charge in [0.05, 0.1) is 11.3 Å². The Hall–Kier alpha value is -2.67. The van der Waals surface area contributed by atoms with Crippen LogP contribution in [0.2, 0.25) is 0 Å². The standard InChI is InChI=1S/C14H16N4O3/c1-7-5-17-14(21)11-9(6-16-12(7)11)13(20)18-8-2-3-15-10(19)4-8/h2,4-6,14-17,19,21H,3H2,1H3,(H,18,20). The largest absolute Gasteiger partial charge is 0.495 e. The fourth-order valence-electron chi connectivity index (χ4n) is 2.40. The van der Waals surface area contributed by atoms with Crippen LogP contribution in [0.3, 0.4) is 0 Å². The lowest BCUT2D eigenvalue weighted by Gasteiger charge is -2.20. The first-order valence-electron chi connectivity index (χ1n) is 6.55. The number of aliphatic hydroxyl groups is 2. The third-order valence-corrected chi connectivity index (χ3v) is 3.45. The smallest absolute Gasteiger partial charge is 0.257 e. The van der Waals surface area contributed by atoms with Crippen molar-refractivity contribution < 1.29 is 15.0 Å². The molecule has 1 aromatic rings. The van der Waals surface area contributed by atoms with Gasteiger partial charge in [0.1, 0.15) is 0 Å². The second-order valence-corrected chi connectivity index (χ2v) is 4.91. The second kappa shape index (κ2) is 5.02. The normalized spacial score (nSPS) is 20.3. The zero-order chi connectivity index (χ0) is 15.0. The van der Waals surface area contributed by atoms with Crippen LogP contribution in [0.15, 0.2) is 36.1 Å². The van der Waals surface area contributed by atoms with Gasteiger partial charge in [-0.1, -0.05) is 0 Å². The zero-order valence-corrected chi connectivity index (χ0v) is 11.4. The first-order chi connectivity index (χ1) is 10.1. The van der Waals surface area contributed by atoms with Crippen molar-refractivity contribution in [3.05, 3.63) is 52.9 Å². The van der Waals surface area contributed by atoms with E-state index >= 15 is 0 Å². The number of amides is 1. The number of aliphatic hydroxyl groups excluding tert-OH is 2. The minimum absolute atomic E-state index is 0.00405. The summed E-state index contributed by atoms with van der Waals surface area (Å²) >= 11 is 0. The first kappa shape index (κ1) is 13.3. The number of carbonyl (C=O) groups is 1. The van der Waals surface area contributed by atoms with Crippen LogP contribution in [0.4, 0.5) is 0 Å². The molecule has 1 atom stereocenters. The minimum atomic E-state index is -0.929. The first-order valence-corrected chi connectivity index (χ1v) is 6.55. The Labute approximate surface area is 121 Å². The zero-order valence-electron chi connectivity index (χ0n) is 11.4. The number of hydrogen-bond acceptors (Lipinski definition) is 5. The molecule has 3 heterocycles. The molecular weight excluding hydrogens is 272 g/mol. The van der Waals surface area contributed by atoms with Crippen LogP contribution in [0, 0.1) is 0 Å². The quantitative estimate of drug-likeness (QED) is 0.477. The molecular formula is C14H16N4O3. The Kier molecular flexibility index (Phi) is 3.19. The fraction of sp³-hybridized carbons (Fsp3) is 0.214. The minimum Gasteiger partial charge on any atom is -0.495 e. The van der Waals surface area contributed by atoms with Gasteiger partial charge in [0.2, 0.25) is 0 Å². The average Bonchev–Trinajstić information content (AvgIpc) is 2.89. The van der Waals surface area contributed by atoms with Gasteiger partial charge in [0.25, 0.3) is 5.91 Å². The van der Waals surface area contributed by atoms with Crippen LogP contribution >= 0.6 is 0 Å². The number of fused-ring (bicyclic) bond motifs is 1. The van der Waals surface area contributed by atoms with E-state index in [9.17, 15) is 15.0 Å². The molecule has 2 aliphatic heterocycles. The summed E-state index contributed by atoms with van der Waals surface area (Å²) in [7, 11) is 0. The van der Waals surface area contributed by atoms with E-state index in [1.165, 1.54) is 6.08 Å². The van der Waals surface area contributed by atoms with E-state index in [4.69, 9.17) is 0 Å². The Bertz CT molecular complexity index is 684. The van der Waals surface area contributed by atoms with Crippen LogP contribution in [0.1, 0.15) is 34.8 Å². The lowest BCUT2D eigenvalue weighted by atomic mass is 10.0. The SMILES string of the molecule is CC1=CNC(O)c2c(C(=O)NC3=CCNC(O)=C3)c[nH]c21. The monoisotopic (exact) mass is 288 g/mol. The summed E-state index contributed by atoms with van der Waals surface area (Å²) in [6.07, 6.45) is 5.51. The maximum atomic E-state index is 12.3. The molecule has 0 aromatic carbocycles. The van der Waals surface area contributed by atoms with Gasteiger partial charge in [-0.15, -0.1) is 0 Å². The van der Waals surface area contributed by atoms with Gasteiger partial charge in [0, 0.05) is 36.3 Å². The van der Waals surface area contributed by atoms with E-state index in [2.05, 4.69) is 20.9 Å². The van der Waals surface area contributed by atoms with Gasteiger partial charge in [-0.3, -0.25) is 4.79 Å². The molecule has 0 bridgehead atoms. The molecule has 3 rings (SSSR count). The van der Waals surface area contributed by atoms with Gasteiger partial charge >= 0.3 is 0 Å². The van der Waals surface area contributed by atoms with E-state index in [1.54, 1.807) is 18.5 Å². The van der Waals surface area contributed by atoms with Gasteiger partial charge in [0.15, 0.2) is 12.1 Å². The number of rotatable bonds is 2. The van der Waals surface area contributed by atoms with E-state index in [1.807, 2.05) is 6.92 Å². The Morgan fingerprint density at radius 3 is 3.05 bits per heavy atom. The van der Waals surface area contributed by atoms with Crippen molar-refractivity contribution in [1.29, 1.82) is 0 Å². The maximum absolute atomic E-state index is 12.3. The summed E-state index contributed by atoms with van der Waals surface area (Å²) in [6.45, 7) is 2.32. The number of allylic oxidation sites excluding steroid dienone is 2. The molecule has 6 N–H and O–H groups in total. The highest BCUT2D eigenvalue weighted by Gasteiger charge is 2.26. The maximum Gasteiger partial charge on any atom is 0.257 e. The van der Waals surface area contributed by atoms with Crippen molar-refractivity contribution >= 4 is 11.5 Å². The van der Waals surface area contributed by atoms with Crippen LogP contribution in [-0.4, -0.2) is 27.6 Å². The van der Waals surface area contributed by atoms with E-state index in [-0.39, 0.29) is 11.8 Å². The van der Waals surface area contributed by atoms with Gasteiger partial charge < -0.3 is 31.1 Å². The number of nitrogens with one attached hydrogen (secondary N) is 4. The highest BCUT2D eigenvalue weighted by atomic mass is 16.3. The van der Waals surface area contributed by atoms with Crippen LogP contribution in [0.25, 0.3) is 5.57 Å². The van der Waals surface area contributed by atoms with Crippen molar-refractivity contribution in [2.24, 2.45) is 0 Å². The number of aromatic nitrogens is 1. The third-order valence-electron chi connectivity index (χ3n) is 3.45. The molecule has 7 heteroatoms. The molecule has 110 valence electrons. The van der Waals surface area contributed by atoms with Crippen molar-refractivity contribution in [2.75, 3.05) is 6.54 Å². The molecule has 7 nitrogen and oxygen atoms in total. The lowest BCUT2D eigenvalue weighted by molar-refractivity contribution is 0.0956. The predicted molar refractivity (Wildman–Crippen MR) is 76.8 cm³/mol. The molecule has 0 fully saturated rings. The molecule has 0 radical (unpaired) electrons. The summed E-state index contributed by atoms with van der Waals surface area (Å²) in [5.74, 6) is -0.343. The molecule has 1 unspecified atom stereocenters. The predicted octanol–water partition coefficient (Wildman–Crippen LogP) is 0.586. The highest BCUT2D eigenvalue weighted by molar-refractivity contribution is 5.98. The number of hydrogen-bond donors (Lipinski definition) is 6. The van der Waals surface area contributed by atoms with E-state index in [0.717, 1.165) is 11.3 Å². The van der Waals surface area contributed by atoms with Gasteiger partial charge in [-0.2, -0.15) is 0 Å². The summed E-state index contributed by atoms with van der Waals surface area (Å²) < 4.78 is 0. The summed E-state index contributed by atoms with van der Waals surface area (Å²) in [5.41, 5.74) is 3.05. The van der Waals surface area contributed by atoms with Crippen LogP contribution in [-0.2, 0) is 0 Å². The molecule has 21 heavy (non-hydrogen) atoms. The number of aromatic amines is 1. The fourth-order valence-corrected chi connectivity index (χ4v) is 2.40. The Balaban J connectivity index is 1.87.